The summed E-state index contributed by atoms with van der Waals surface area (Å²) in [4.78, 5) is 12.7. The van der Waals surface area contributed by atoms with E-state index in [1.165, 1.54) is 32.6 Å². The Morgan fingerprint density at radius 1 is 1.25 bits per heavy atom. The van der Waals surface area contributed by atoms with E-state index in [4.69, 9.17) is 9.47 Å². The number of carbonyl (C=O) groups excluding carboxylic acids is 1. The van der Waals surface area contributed by atoms with Crippen LogP contribution in [0.1, 0.15) is 39.0 Å². The lowest BCUT2D eigenvalue weighted by atomic mass is 9.97. The van der Waals surface area contributed by atoms with Gasteiger partial charge >= 0.3 is 0 Å². The van der Waals surface area contributed by atoms with Crippen LogP contribution in [0, 0.1) is 0 Å². The Labute approximate surface area is 167 Å². The highest BCUT2D eigenvalue weighted by molar-refractivity contribution is 7.92. The van der Waals surface area contributed by atoms with E-state index in [0.717, 1.165) is 29.8 Å². The minimum atomic E-state index is -3.74. The van der Waals surface area contributed by atoms with Gasteiger partial charge < -0.3 is 14.8 Å². The number of allylic oxidation sites excluding steroid dienone is 1. The predicted molar refractivity (Wildman–Crippen MR) is 111 cm³/mol. The maximum atomic E-state index is 12.7. The first-order valence-electron chi connectivity index (χ1n) is 9.45. The lowest BCUT2D eigenvalue weighted by Gasteiger charge is -2.29. The standard InChI is InChI=1S/C20H30N2O5S/c1-15(20(23)21-13-12-16-8-6-5-7-9-16)22(28(4,24)25)18-14-17(26-2)10-11-19(18)27-3/h8,10-11,14-15H,5-7,9,12-13H2,1-4H3,(H,21,23). The molecule has 1 N–H and O–H groups in total. The number of carbonyl (C=O) groups is 1. The highest BCUT2D eigenvalue weighted by Gasteiger charge is 2.31. The maximum absolute atomic E-state index is 12.7. The van der Waals surface area contributed by atoms with Gasteiger partial charge in [0, 0.05) is 12.6 Å². The monoisotopic (exact) mass is 410 g/mol. The first-order chi connectivity index (χ1) is 13.3. The number of rotatable bonds is 9. The van der Waals surface area contributed by atoms with Gasteiger partial charge in [0.2, 0.25) is 15.9 Å². The fourth-order valence-electron chi connectivity index (χ4n) is 3.38. The molecule has 7 nitrogen and oxygen atoms in total. The molecule has 0 radical (unpaired) electrons. The Morgan fingerprint density at radius 2 is 2.00 bits per heavy atom. The summed E-state index contributed by atoms with van der Waals surface area (Å²) in [7, 11) is -0.794. The summed E-state index contributed by atoms with van der Waals surface area (Å²) in [5.74, 6) is 0.464. The molecule has 28 heavy (non-hydrogen) atoms. The van der Waals surface area contributed by atoms with Gasteiger partial charge in [0.25, 0.3) is 0 Å². The van der Waals surface area contributed by atoms with E-state index in [2.05, 4.69) is 11.4 Å². The molecule has 0 aliphatic heterocycles. The molecule has 0 saturated carbocycles. The first-order valence-corrected chi connectivity index (χ1v) is 11.3. The summed E-state index contributed by atoms with van der Waals surface area (Å²) in [6.45, 7) is 2.05. The van der Waals surface area contributed by atoms with Crippen LogP contribution in [0.2, 0.25) is 0 Å². The zero-order valence-corrected chi connectivity index (χ0v) is 17.8. The molecule has 1 amide bonds. The Balaban J connectivity index is 2.18. The molecule has 0 spiro atoms. The first kappa shape index (κ1) is 22.1. The number of sulfonamides is 1. The molecule has 1 unspecified atom stereocenters. The van der Waals surface area contributed by atoms with Gasteiger partial charge in [-0.1, -0.05) is 11.6 Å². The average Bonchev–Trinajstić information content (AvgIpc) is 2.67. The van der Waals surface area contributed by atoms with Crippen LogP contribution in [-0.4, -0.2) is 47.4 Å². The molecule has 8 heteroatoms. The van der Waals surface area contributed by atoms with E-state index in [-0.39, 0.29) is 11.6 Å². The average molecular weight is 411 g/mol. The second-order valence-corrected chi connectivity index (χ2v) is 8.78. The second kappa shape index (κ2) is 9.82. The van der Waals surface area contributed by atoms with Crippen LogP contribution < -0.4 is 19.1 Å². The van der Waals surface area contributed by atoms with Crippen LogP contribution in [-0.2, 0) is 14.8 Å². The van der Waals surface area contributed by atoms with Crippen molar-refractivity contribution in [3.05, 3.63) is 29.8 Å². The largest absolute Gasteiger partial charge is 0.497 e. The van der Waals surface area contributed by atoms with Crippen LogP contribution in [0.15, 0.2) is 29.8 Å². The zero-order chi connectivity index (χ0) is 20.7. The van der Waals surface area contributed by atoms with Gasteiger partial charge in [-0.15, -0.1) is 0 Å². The molecule has 2 rings (SSSR count). The van der Waals surface area contributed by atoms with Gasteiger partial charge in [-0.25, -0.2) is 8.42 Å². The number of amides is 1. The van der Waals surface area contributed by atoms with Crippen molar-refractivity contribution in [3.8, 4) is 11.5 Å². The van der Waals surface area contributed by atoms with Crippen molar-refractivity contribution < 1.29 is 22.7 Å². The molecule has 1 aliphatic carbocycles. The van der Waals surface area contributed by atoms with Crippen LogP contribution in [0.5, 0.6) is 11.5 Å². The topological polar surface area (TPSA) is 84.9 Å². The third-order valence-corrected chi connectivity index (χ3v) is 6.07. The number of hydrogen-bond acceptors (Lipinski definition) is 5. The smallest absolute Gasteiger partial charge is 0.243 e. The fourth-order valence-corrected chi connectivity index (χ4v) is 4.55. The number of benzene rings is 1. The van der Waals surface area contributed by atoms with Crippen molar-refractivity contribution in [1.29, 1.82) is 0 Å². The van der Waals surface area contributed by atoms with Gasteiger partial charge in [-0.2, -0.15) is 0 Å². The van der Waals surface area contributed by atoms with Crippen molar-refractivity contribution >= 4 is 21.6 Å². The lowest BCUT2D eigenvalue weighted by Crippen LogP contribution is -2.48. The van der Waals surface area contributed by atoms with E-state index in [0.29, 0.717) is 18.0 Å². The number of nitrogens with one attached hydrogen (secondary N) is 1. The van der Waals surface area contributed by atoms with Crippen molar-refractivity contribution in [1.82, 2.24) is 5.32 Å². The van der Waals surface area contributed by atoms with Gasteiger partial charge in [-0.3, -0.25) is 9.10 Å². The maximum Gasteiger partial charge on any atom is 0.243 e. The Morgan fingerprint density at radius 3 is 2.57 bits per heavy atom. The van der Waals surface area contributed by atoms with E-state index in [9.17, 15) is 13.2 Å². The predicted octanol–water partition coefficient (Wildman–Crippen LogP) is 2.87. The second-order valence-electron chi connectivity index (χ2n) is 6.92. The van der Waals surface area contributed by atoms with Gasteiger partial charge in [0.1, 0.15) is 17.5 Å². The van der Waals surface area contributed by atoms with Crippen molar-refractivity contribution in [2.75, 3.05) is 31.3 Å². The molecular weight excluding hydrogens is 380 g/mol. The SMILES string of the molecule is COc1ccc(OC)c(N(C(C)C(=O)NCCC2=CCCCC2)S(C)(=O)=O)c1. The van der Waals surface area contributed by atoms with E-state index >= 15 is 0 Å². The summed E-state index contributed by atoms with van der Waals surface area (Å²) >= 11 is 0. The molecular formula is C20H30N2O5S. The van der Waals surface area contributed by atoms with Crippen LogP contribution in [0.25, 0.3) is 0 Å². The minimum Gasteiger partial charge on any atom is -0.497 e. The van der Waals surface area contributed by atoms with E-state index < -0.39 is 16.1 Å². The Kier molecular flexibility index (Phi) is 7.74. The Hall–Kier alpha value is -2.22. The van der Waals surface area contributed by atoms with Crippen molar-refractivity contribution in [2.45, 2.75) is 45.1 Å². The number of nitrogens with zero attached hydrogens (tertiary/aromatic N) is 1. The number of anilines is 1. The van der Waals surface area contributed by atoms with Crippen molar-refractivity contribution in [2.24, 2.45) is 0 Å². The summed E-state index contributed by atoms with van der Waals surface area (Å²) < 4.78 is 36.6. The number of hydrogen-bond donors (Lipinski definition) is 1. The van der Waals surface area contributed by atoms with Gasteiger partial charge in [0.05, 0.1) is 26.2 Å². The van der Waals surface area contributed by atoms with Crippen LogP contribution in [0.3, 0.4) is 0 Å². The number of methoxy groups -OCH3 is 2. The lowest BCUT2D eigenvalue weighted by molar-refractivity contribution is -0.121. The highest BCUT2D eigenvalue weighted by atomic mass is 32.2. The molecule has 1 atom stereocenters. The van der Waals surface area contributed by atoms with Gasteiger partial charge in [-0.05, 0) is 51.2 Å². The summed E-state index contributed by atoms with van der Waals surface area (Å²) in [6, 6.07) is 3.91. The van der Waals surface area contributed by atoms with Gasteiger partial charge in [0.15, 0.2) is 0 Å². The fraction of sp³-hybridized carbons (Fsp3) is 0.550. The van der Waals surface area contributed by atoms with Crippen molar-refractivity contribution in [3.63, 3.8) is 0 Å². The third kappa shape index (κ3) is 5.64. The highest BCUT2D eigenvalue weighted by Crippen LogP contribution is 2.35. The normalized spacial score (nSPS) is 15.4. The van der Waals surface area contributed by atoms with Crippen LogP contribution in [0.4, 0.5) is 5.69 Å². The summed E-state index contributed by atoms with van der Waals surface area (Å²) in [5.41, 5.74) is 1.62. The molecule has 156 valence electrons. The van der Waals surface area contributed by atoms with E-state index in [1.807, 2.05) is 0 Å². The van der Waals surface area contributed by atoms with Crippen LogP contribution >= 0.6 is 0 Å². The third-order valence-electron chi connectivity index (χ3n) is 4.84. The number of ether oxygens (including phenoxy) is 2. The molecule has 0 heterocycles. The Bertz CT molecular complexity index is 820. The molecule has 1 aliphatic rings. The molecule has 1 aromatic carbocycles. The zero-order valence-electron chi connectivity index (χ0n) is 17.0. The molecule has 0 aromatic heterocycles. The molecule has 0 bridgehead atoms. The van der Waals surface area contributed by atoms with E-state index in [1.54, 1.807) is 25.1 Å². The quantitative estimate of drug-likeness (QED) is 0.633. The summed E-state index contributed by atoms with van der Waals surface area (Å²) in [5, 5.41) is 2.86. The minimum absolute atomic E-state index is 0.266. The molecule has 0 saturated heterocycles. The molecule has 1 aromatic rings. The molecule has 0 fully saturated rings. The summed E-state index contributed by atoms with van der Waals surface area (Å²) in [6.07, 6.45) is 8.68.